The zero-order chi connectivity index (χ0) is 15.2. The van der Waals surface area contributed by atoms with Crippen LogP contribution >= 0.6 is 0 Å². The molecule has 0 N–H and O–H groups in total. The van der Waals surface area contributed by atoms with E-state index in [1.54, 1.807) is 7.11 Å². The number of methoxy groups -OCH3 is 1. The molecule has 0 aliphatic heterocycles. The molecule has 0 fully saturated rings. The number of nitrogens with zero attached hydrogens (tertiary/aromatic N) is 2. The van der Waals surface area contributed by atoms with E-state index < -0.39 is 0 Å². The molecule has 0 spiro atoms. The molecule has 0 saturated carbocycles. The summed E-state index contributed by atoms with van der Waals surface area (Å²) in [7, 11) is 5.67. The summed E-state index contributed by atoms with van der Waals surface area (Å²) in [5, 5.41) is 9.45. The maximum absolute atomic E-state index is 9.45. The summed E-state index contributed by atoms with van der Waals surface area (Å²) in [5.74, 6) is 0.681. The standard InChI is InChI=1S/C18H20N2O/c1-20(2)17-9-7-15(8-10-17)16(13-19)11-14-5-4-6-18(12-14)21-3/h4-10,12,16H,11H2,1-3H3. The minimum Gasteiger partial charge on any atom is -0.497 e. The van der Waals surface area contributed by atoms with Crippen molar-refractivity contribution in [2.75, 3.05) is 26.1 Å². The van der Waals surface area contributed by atoms with E-state index in [0.29, 0.717) is 6.42 Å². The lowest BCUT2D eigenvalue weighted by Crippen LogP contribution is -2.08. The van der Waals surface area contributed by atoms with Crippen LogP contribution in [0.5, 0.6) is 5.75 Å². The van der Waals surface area contributed by atoms with Crippen LogP contribution in [-0.4, -0.2) is 21.2 Å². The van der Waals surface area contributed by atoms with Crippen LogP contribution in [0.3, 0.4) is 0 Å². The molecule has 1 unspecified atom stereocenters. The van der Waals surface area contributed by atoms with Gasteiger partial charge in [-0.15, -0.1) is 0 Å². The molecule has 0 radical (unpaired) electrons. The molecule has 0 bridgehead atoms. The van der Waals surface area contributed by atoms with Crippen molar-refractivity contribution in [3.05, 3.63) is 59.7 Å². The first kappa shape index (κ1) is 14.9. The molecule has 3 heteroatoms. The Hall–Kier alpha value is -2.47. The van der Waals surface area contributed by atoms with Gasteiger partial charge in [-0.3, -0.25) is 0 Å². The van der Waals surface area contributed by atoms with Gasteiger partial charge in [0.15, 0.2) is 0 Å². The van der Waals surface area contributed by atoms with Crippen molar-refractivity contribution in [3.63, 3.8) is 0 Å². The summed E-state index contributed by atoms with van der Waals surface area (Å²) in [6.45, 7) is 0. The van der Waals surface area contributed by atoms with E-state index in [1.165, 1.54) is 0 Å². The highest BCUT2D eigenvalue weighted by Gasteiger charge is 2.12. The third-order valence-corrected chi connectivity index (χ3v) is 3.54. The van der Waals surface area contributed by atoms with Crippen molar-refractivity contribution in [1.29, 1.82) is 5.26 Å². The van der Waals surface area contributed by atoms with Gasteiger partial charge in [-0.1, -0.05) is 24.3 Å². The van der Waals surface area contributed by atoms with Crippen LogP contribution in [0.4, 0.5) is 5.69 Å². The highest BCUT2D eigenvalue weighted by atomic mass is 16.5. The summed E-state index contributed by atoms with van der Waals surface area (Å²) < 4.78 is 5.23. The van der Waals surface area contributed by atoms with Crippen LogP contribution in [-0.2, 0) is 6.42 Å². The second-order valence-corrected chi connectivity index (χ2v) is 5.22. The lowest BCUT2D eigenvalue weighted by Gasteiger charge is -2.15. The van der Waals surface area contributed by atoms with Crippen LogP contribution in [0.2, 0.25) is 0 Å². The fraction of sp³-hybridized carbons (Fsp3) is 0.278. The van der Waals surface area contributed by atoms with Gasteiger partial charge in [0.1, 0.15) is 5.75 Å². The quantitative estimate of drug-likeness (QED) is 0.839. The maximum atomic E-state index is 9.45. The third kappa shape index (κ3) is 3.76. The van der Waals surface area contributed by atoms with Gasteiger partial charge in [0.05, 0.1) is 19.1 Å². The van der Waals surface area contributed by atoms with Crippen molar-refractivity contribution in [1.82, 2.24) is 0 Å². The number of anilines is 1. The first-order chi connectivity index (χ1) is 10.1. The summed E-state index contributed by atoms with van der Waals surface area (Å²) in [6, 6.07) is 18.4. The Morgan fingerprint density at radius 1 is 1.14 bits per heavy atom. The second kappa shape index (κ2) is 6.81. The Labute approximate surface area is 126 Å². The van der Waals surface area contributed by atoms with Crippen molar-refractivity contribution in [2.45, 2.75) is 12.3 Å². The molecule has 108 valence electrons. The van der Waals surface area contributed by atoms with Crippen LogP contribution in [0.1, 0.15) is 17.0 Å². The third-order valence-electron chi connectivity index (χ3n) is 3.54. The molecule has 2 rings (SSSR count). The van der Waals surface area contributed by atoms with E-state index >= 15 is 0 Å². The van der Waals surface area contributed by atoms with E-state index in [9.17, 15) is 5.26 Å². The highest BCUT2D eigenvalue weighted by Crippen LogP contribution is 2.24. The molecule has 0 aliphatic rings. The fourth-order valence-corrected chi connectivity index (χ4v) is 2.28. The Balaban J connectivity index is 2.17. The predicted molar refractivity (Wildman–Crippen MR) is 85.8 cm³/mol. The molecular formula is C18H20N2O. The molecule has 0 heterocycles. The molecule has 2 aromatic rings. The molecule has 0 amide bonds. The van der Waals surface area contributed by atoms with Gasteiger partial charge < -0.3 is 9.64 Å². The van der Waals surface area contributed by atoms with Crippen molar-refractivity contribution in [3.8, 4) is 11.8 Å². The van der Waals surface area contributed by atoms with Gasteiger partial charge in [0, 0.05) is 19.8 Å². The van der Waals surface area contributed by atoms with E-state index in [-0.39, 0.29) is 5.92 Å². The van der Waals surface area contributed by atoms with Crippen LogP contribution in [0.25, 0.3) is 0 Å². The Bertz CT molecular complexity index is 626. The number of hydrogen-bond donors (Lipinski definition) is 0. The number of rotatable bonds is 5. The molecule has 0 aromatic heterocycles. The van der Waals surface area contributed by atoms with Gasteiger partial charge >= 0.3 is 0 Å². The number of hydrogen-bond acceptors (Lipinski definition) is 3. The zero-order valence-corrected chi connectivity index (χ0v) is 12.7. The maximum Gasteiger partial charge on any atom is 0.119 e. The number of nitriles is 1. The minimum absolute atomic E-state index is 0.145. The monoisotopic (exact) mass is 280 g/mol. The smallest absolute Gasteiger partial charge is 0.119 e. The molecule has 1 atom stereocenters. The summed E-state index contributed by atoms with van der Waals surface area (Å²) in [4.78, 5) is 2.05. The number of ether oxygens (including phenoxy) is 1. The van der Waals surface area contributed by atoms with E-state index in [1.807, 2.05) is 67.5 Å². The Morgan fingerprint density at radius 2 is 1.86 bits per heavy atom. The van der Waals surface area contributed by atoms with Crippen molar-refractivity contribution >= 4 is 5.69 Å². The lowest BCUT2D eigenvalue weighted by atomic mass is 9.93. The topological polar surface area (TPSA) is 36.3 Å². The SMILES string of the molecule is COc1cccc(CC(C#N)c2ccc(N(C)C)cc2)c1. The first-order valence-electron chi connectivity index (χ1n) is 6.94. The van der Waals surface area contributed by atoms with Crippen molar-refractivity contribution < 1.29 is 4.74 Å². The summed E-state index contributed by atoms with van der Waals surface area (Å²) in [6.07, 6.45) is 0.689. The van der Waals surface area contributed by atoms with Crippen LogP contribution < -0.4 is 9.64 Å². The zero-order valence-electron chi connectivity index (χ0n) is 12.7. The molecule has 3 nitrogen and oxygen atoms in total. The van der Waals surface area contributed by atoms with Gasteiger partial charge in [-0.2, -0.15) is 5.26 Å². The molecular weight excluding hydrogens is 260 g/mol. The molecule has 21 heavy (non-hydrogen) atoms. The molecule has 0 saturated heterocycles. The summed E-state index contributed by atoms with van der Waals surface area (Å²) in [5.41, 5.74) is 3.29. The van der Waals surface area contributed by atoms with Crippen molar-refractivity contribution in [2.24, 2.45) is 0 Å². The van der Waals surface area contributed by atoms with E-state index in [0.717, 1.165) is 22.6 Å². The second-order valence-electron chi connectivity index (χ2n) is 5.22. The number of benzene rings is 2. The predicted octanol–water partition coefficient (Wildman–Crippen LogP) is 3.61. The van der Waals surface area contributed by atoms with Gasteiger partial charge in [0.25, 0.3) is 0 Å². The van der Waals surface area contributed by atoms with E-state index in [4.69, 9.17) is 4.74 Å². The Morgan fingerprint density at radius 3 is 2.43 bits per heavy atom. The van der Waals surface area contributed by atoms with Gasteiger partial charge in [0.2, 0.25) is 0 Å². The minimum atomic E-state index is -0.145. The van der Waals surface area contributed by atoms with Gasteiger partial charge in [-0.25, -0.2) is 0 Å². The fourth-order valence-electron chi connectivity index (χ4n) is 2.28. The first-order valence-corrected chi connectivity index (χ1v) is 6.94. The molecule has 2 aromatic carbocycles. The van der Waals surface area contributed by atoms with Crippen LogP contribution in [0.15, 0.2) is 48.5 Å². The van der Waals surface area contributed by atoms with E-state index in [2.05, 4.69) is 6.07 Å². The largest absolute Gasteiger partial charge is 0.497 e. The lowest BCUT2D eigenvalue weighted by molar-refractivity contribution is 0.414. The highest BCUT2D eigenvalue weighted by molar-refractivity contribution is 5.47. The molecule has 0 aliphatic carbocycles. The average molecular weight is 280 g/mol. The summed E-state index contributed by atoms with van der Waals surface area (Å²) >= 11 is 0. The Kier molecular flexibility index (Phi) is 4.84. The average Bonchev–Trinajstić information content (AvgIpc) is 2.53. The van der Waals surface area contributed by atoms with Gasteiger partial charge in [-0.05, 0) is 41.8 Å². The normalized spacial score (nSPS) is 11.5. The van der Waals surface area contributed by atoms with Crippen LogP contribution in [0, 0.1) is 11.3 Å².